The van der Waals surface area contributed by atoms with Crippen LogP contribution < -0.4 is 0 Å². The second-order valence-corrected chi connectivity index (χ2v) is 4.96. The van der Waals surface area contributed by atoms with Crippen molar-refractivity contribution in [1.29, 1.82) is 0 Å². The Kier molecular flexibility index (Phi) is 5.16. The molecule has 0 amide bonds. The van der Waals surface area contributed by atoms with Gasteiger partial charge in [0.05, 0.1) is 12.5 Å². The summed E-state index contributed by atoms with van der Waals surface area (Å²) in [6.45, 7) is 0.937. The topological polar surface area (TPSA) is 35.5 Å². The van der Waals surface area contributed by atoms with E-state index in [1.807, 2.05) is 0 Å². The van der Waals surface area contributed by atoms with Crippen molar-refractivity contribution in [2.75, 3.05) is 13.2 Å². The van der Waals surface area contributed by atoms with Crippen LogP contribution in [0.3, 0.4) is 0 Å². The Morgan fingerprint density at radius 1 is 1.47 bits per heavy atom. The van der Waals surface area contributed by atoms with Gasteiger partial charge in [0.25, 0.3) is 0 Å². The fraction of sp³-hybridized carbons (Fsp3) is 0.500. The van der Waals surface area contributed by atoms with E-state index in [-0.39, 0.29) is 29.7 Å². The molecule has 1 aromatic rings. The van der Waals surface area contributed by atoms with Gasteiger partial charge in [0, 0.05) is 17.2 Å². The molecule has 0 radical (unpaired) electrons. The van der Waals surface area contributed by atoms with Gasteiger partial charge in [-0.2, -0.15) is 0 Å². The number of hydrogen-bond donors (Lipinski definition) is 0. The van der Waals surface area contributed by atoms with Crippen molar-refractivity contribution in [3.05, 3.63) is 34.6 Å². The average molecular weight is 287 g/mol. The maximum Gasteiger partial charge on any atom is 0.310 e. The van der Waals surface area contributed by atoms with Crippen LogP contribution in [0.1, 0.15) is 24.8 Å². The van der Waals surface area contributed by atoms with Crippen LogP contribution in [0.4, 0.5) is 4.39 Å². The minimum Gasteiger partial charge on any atom is -0.463 e. The zero-order valence-electron chi connectivity index (χ0n) is 10.5. The Balaban J connectivity index is 1.83. The summed E-state index contributed by atoms with van der Waals surface area (Å²) in [7, 11) is 0. The molecule has 3 nitrogen and oxygen atoms in total. The van der Waals surface area contributed by atoms with Crippen molar-refractivity contribution < 1.29 is 18.7 Å². The number of rotatable bonds is 4. The lowest BCUT2D eigenvalue weighted by Gasteiger charge is -2.22. The van der Waals surface area contributed by atoms with Gasteiger partial charge in [-0.1, -0.05) is 17.7 Å². The van der Waals surface area contributed by atoms with E-state index in [9.17, 15) is 9.18 Å². The van der Waals surface area contributed by atoms with E-state index in [1.54, 1.807) is 6.07 Å². The summed E-state index contributed by atoms with van der Waals surface area (Å²) in [6.07, 6.45) is 2.84. The molecule has 0 bridgehead atoms. The maximum absolute atomic E-state index is 13.5. The second kappa shape index (κ2) is 6.87. The zero-order valence-corrected chi connectivity index (χ0v) is 11.3. The number of ether oxygens (including phenoxy) is 2. The van der Waals surface area contributed by atoms with Crippen molar-refractivity contribution >= 4 is 17.6 Å². The van der Waals surface area contributed by atoms with Crippen LogP contribution in [0, 0.1) is 5.82 Å². The molecule has 1 unspecified atom stereocenters. The zero-order chi connectivity index (χ0) is 13.7. The number of benzene rings is 1. The van der Waals surface area contributed by atoms with Crippen LogP contribution in [0.5, 0.6) is 0 Å². The molecule has 0 N–H and O–H groups in total. The Labute approximate surface area is 116 Å². The summed E-state index contributed by atoms with van der Waals surface area (Å²) in [6, 6.07) is 4.33. The van der Waals surface area contributed by atoms with Crippen molar-refractivity contribution in [3.63, 3.8) is 0 Å². The number of halogens is 2. The number of carbonyl (C=O) groups is 1. The van der Waals surface area contributed by atoms with Gasteiger partial charge in [-0.05, 0) is 31.4 Å². The molecule has 1 aromatic carbocycles. The first kappa shape index (κ1) is 14.3. The van der Waals surface area contributed by atoms with Crippen molar-refractivity contribution in [2.45, 2.75) is 31.8 Å². The molecule has 0 aliphatic carbocycles. The lowest BCUT2D eigenvalue weighted by Crippen LogP contribution is -2.26. The summed E-state index contributed by atoms with van der Waals surface area (Å²) < 4.78 is 24.0. The Morgan fingerprint density at radius 3 is 3.00 bits per heavy atom. The van der Waals surface area contributed by atoms with Gasteiger partial charge < -0.3 is 9.47 Å². The molecule has 1 atom stereocenters. The normalized spacial score (nSPS) is 19.2. The summed E-state index contributed by atoms with van der Waals surface area (Å²) in [5, 5.41) is 0.242. The van der Waals surface area contributed by atoms with Crippen LogP contribution in [0.2, 0.25) is 5.02 Å². The Morgan fingerprint density at radius 2 is 2.32 bits per heavy atom. The summed E-state index contributed by atoms with van der Waals surface area (Å²) in [5.74, 6) is -0.973. The van der Waals surface area contributed by atoms with Crippen molar-refractivity contribution in [3.8, 4) is 0 Å². The third-order valence-corrected chi connectivity index (χ3v) is 3.44. The molecular formula is C14H16ClFO3. The SMILES string of the molecule is O=C(Cc1c(F)cccc1Cl)OCC1CCCCO1. The van der Waals surface area contributed by atoms with Crippen LogP contribution in [-0.4, -0.2) is 25.3 Å². The van der Waals surface area contributed by atoms with Crippen LogP contribution in [-0.2, 0) is 20.7 Å². The first-order valence-corrected chi connectivity index (χ1v) is 6.74. The second-order valence-electron chi connectivity index (χ2n) is 4.55. The fourth-order valence-corrected chi connectivity index (χ4v) is 2.25. The number of hydrogen-bond acceptors (Lipinski definition) is 3. The van der Waals surface area contributed by atoms with E-state index >= 15 is 0 Å². The Bertz CT molecular complexity index is 424. The molecule has 2 rings (SSSR count). The molecule has 104 valence electrons. The van der Waals surface area contributed by atoms with Crippen LogP contribution in [0.25, 0.3) is 0 Å². The van der Waals surface area contributed by atoms with E-state index in [0.29, 0.717) is 6.61 Å². The lowest BCUT2D eigenvalue weighted by molar-refractivity contribution is -0.148. The van der Waals surface area contributed by atoms with Crippen LogP contribution >= 0.6 is 11.6 Å². The highest BCUT2D eigenvalue weighted by Crippen LogP contribution is 2.20. The van der Waals surface area contributed by atoms with Gasteiger partial charge >= 0.3 is 5.97 Å². The molecule has 1 aliphatic rings. The molecule has 19 heavy (non-hydrogen) atoms. The van der Waals surface area contributed by atoms with E-state index in [1.165, 1.54) is 12.1 Å². The van der Waals surface area contributed by atoms with E-state index in [0.717, 1.165) is 19.3 Å². The summed E-state index contributed by atoms with van der Waals surface area (Å²) >= 11 is 5.85. The Hall–Kier alpha value is -1.13. The lowest BCUT2D eigenvalue weighted by atomic mass is 10.1. The largest absolute Gasteiger partial charge is 0.463 e. The van der Waals surface area contributed by atoms with Gasteiger partial charge in [0.15, 0.2) is 0 Å². The monoisotopic (exact) mass is 286 g/mol. The molecule has 0 aromatic heterocycles. The van der Waals surface area contributed by atoms with Gasteiger partial charge in [-0.25, -0.2) is 4.39 Å². The standard InChI is InChI=1S/C14H16ClFO3/c15-12-5-3-6-13(16)11(12)8-14(17)19-9-10-4-1-2-7-18-10/h3,5-6,10H,1-2,4,7-9H2. The molecule has 0 spiro atoms. The molecule has 0 saturated carbocycles. The first-order chi connectivity index (χ1) is 9.16. The number of esters is 1. The average Bonchev–Trinajstić information content (AvgIpc) is 2.42. The van der Waals surface area contributed by atoms with E-state index in [4.69, 9.17) is 21.1 Å². The maximum atomic E-state index is 13.5. The molecule has 1 saturated heterocycles. The highest BCUT2D eigenvalue weighted by Gasteiger charge is 2.17. The van der Waals surface area contributed by atoms with E-state index < -0.39 is 11.8 Å². The molecule has 1 fully saturated rings. The van der Waals surface area contributed by atoms with Crippen molar-refractivity contribution in [2.24, 2.45) is 0 Å². The highest BCUT2D eigenvalue weighted by molar-refractivity contribution is 6.31. The quantitative estimate of drug-likeness (QED) is 0.798. The molecule has 1 aliphatic heterocycles. The predicted molar refractivity (Wildman–Crippen MR) is 69.7 cm³/mol. The number of carbonyl (C=O) groups excluding carboxylic acids is 1. The van der Waals surface area contributed by atoms with Gasteiger partial charge in [0.1, 0.15) is 12.4 Å². The fourth-order valence-electron chi connectivity index (χ4n) is 2.02. The van der Waals surface area contributed by atoms with Gasteiger partial charge in [-0.15, -0.1) is 0 Å². The molecule has 5 heteroatoms. The van der Waals surface area contributed by atoms with Crippen molar-refractivity contribution in [1.82, 2.24) is 0 Å². The highest BCUT2D eigenvalue weighted by atomic mass is 35.5. The van der Waals surface area contributed by atoms with E-state index in [2.05, 4.69) is 0 Å². The molecule has 1 heterocycles. The third-order valence-electron chi connectivity index (χ3n) is 3.09. The summed E-state index contributed by atoms with van der Waals surface area (Å²) in [4.78, 5) is 11.7. The van der Waals surface area contributed by atoms with Gasteiger partial charge in [0.2, 0.25) is 0 Å². The van der Waals surface area contributed by atoms with Gasteiger partial charge in [-0.3, -0.25) is 4.79 Å². The first-order valence-electron chi connectivity index (χ1n) is 6.37. The van der Waals surface area contributed by atoms with Crippen LogP contribution in [0.15, 0.2) is 18.2 Å². The predicted octanol–water partition coefficient (Wildman–Crippen LogP) is 3.13. The summed E-state index contributed by atoms with van der Waals surface area (Å²) in [5.41, 5.74) is 0.179. The minimum atomic E-state index is -0.488. The minimum absolute atomic E-state index is 0.0335. The third kappa shape index (κ3) is 4.18. The smallest absolute Gasteiger partial charge is 0.310 e. The molecular weight excluding hydrogens is 271 g/mol.